The van der Waals surface area contributed by atoms with Gasteiger partial charge >= 0.3 is 26.4 Å². The monoisotopic (exact) mass is 612 g/mol. The van der Waals surface area contributed by atoms with Gasteiger partial charge in [0.2, 0.25) is 0 Å². The molecule has 0 aliphatic carbocycles. The molecule has 10 nitrogen and oxygen atoms in total. The molecule has 0 fully saturated rings. The number of nitrogens with zero attached hydrogens (tertiary/aromatic N) is 2. The molecule has 0 aromatic heterocycles. The molecule has 222 valence electrons. The Morgan fingerprint density at radius 3 is 1.57 bits per heavy atom. The maximum Gasteiger partial charge on any atom is 0.437 e. The Hall–Kier alpha value is -3.40. The van der Waals surface area contributed by atoms with Crippen molar-refractivity contribution in [3.05, 3.63) is 59.7 Å². The quantitative estimate of drug-likeness (QED) is 0.113. The Balaban J connectivity index is 1.85. The lowest BCUT2D eigenvalue weighted by atomic mass is 10.1. The molecule has 2 aromatic carbocycles. The summed E-state index contributed by atoms with van der Waals surface area (Å²) in [5, 5.41) is 5.82. The topological polar surface area (TPSA) is 130 Å². The molecule has 0 radical (unpaired) electrons. The van der Waals surface area contributed by atoms with Gasteiger partial charge in [-0.05, 0) is 66.5 Å². The van der Waals surface area contributed by atoms with E-state index in [4.69, 9.17) is 9.47 Å². The van der Waals surface area contributed by atoms with E-state index in [0.29, 0.717) is 18.6 Å². The van der Waals surface area contributed by atoms with Crippen LogP contribution in [0, 0.1) is 0 Å². The predicted octanol–water partition coefficient (Wildman–Crippen LogP) is 4.94. The smallest absolute Gasteiger partial charge is 0.437 e. The van der Waals surface area contributed by atoms with Crippen LogP contribution >= 0.6 is 0 Å². The van der Waals surface area contributed by atoms with Gasteiger partial charge in [-0.15, -0.1) is 0 Å². The maximum atomic E-state index is 14.0. The van der Waals surface area contributed by atoms with Crippen molar-refractivity contribution in [2.24, 2.45) is 10.3 Å². The minimum atomic E-state index is -4.96. The lowest BCUT2D eigenvalue weighted by Crippen LogP contribution is -2.25. The van der Waals surface area contributed by atoms with Crippen molar-refractivity contribution in [2.75, 3.05) is 24.7 Å². The first-order chi connectivity index (χ1) is 18.8. The van der Waals surface area contributed by atoms with Gasteiger partial charge in [0.1, 0.15) is 11.5 Å². The molecular weight excluding hydrogens is 584 g/mol. The van der Waals surface area contributed by atoms with Gasteiger partial charge in [0.25, 0.3) is 5.97 Å². The van der Waals surface area contributed by atoms with E-state index in [9.17, 15) is 34.4 Å². The normalized spacial score (nSPS) is 13.2. The van der Waals surface area contributed by atoms with Crippen LogP contribution in [-0.4, -0.2) is 59.4 Å². The first kappa shape index (κ1) is 32.8. The number of halogens is 4. The summed E-state index contributed by atoms with van der Waals surface area (Å²) in [4.78, 5) is 0. The Kier molecular flexibility index (Phi) is 12.2. The molecule has 16 heteroatoms. The largest absolute Gasteiger partial charge is 0.493 e. The summed E-state index contributed by atoms with van der Waals surface area (Å²) in [6.45, 7) is 3.50. The average molecular weight is 613 g/mol. The van der Waals surface area contributed by atoms with Crippen LogP contribution in [0.3, 0.4) is 0 Å². The summed E-state index contributed by atoms with van der Waals surface area (Å²) < 4.78 is 119. The molecular formula is C24H28F4N2O8S2. The first-order valence-electron chi connectivity index (χ1n) is 11.9. The minimum Gasteiger partial charge on any atom is -0.493 e. The SMILES string of the molecule is CCCS(=O)(=O)O/N=C(\F)c1ccc(OCCCOc2ccc(/C(=N/OS(=O)(=O)CCC)C(F)(F)F)cc2)cc1. The van der Waals surface area contributed by atoms with Crippen molar-refractivity contribution < 1.29 is 52.4 Å². The van der Waals surface area contributed by atoms with E-state index < -0.39 is 49.4 Å². The highest BCUT2D eigenvalue weighted by Crippen LogP contribution is 2.25. The summed E-state index contributed by atoms with van der Waals surface area (Å²) in [5.41, 5.74) is -1.92. The lowest BCUT2D eigenvalue weighted by Gasteiger charge is -2.12. The van der Waals surface area contributed by atoms with Gasteiger partial charge in [0.15, 0.2) is 5.71 Å². The Bertz CT molecular complexity index is 1360. The molecule has 0 spiro atoms. The van der Waals surface area contributed by atoms with E-state index in [1.807, 2.05) is 0 Å². The number of oxime groups is 2. The molecule has 0 atom stereocenters. The second kappa shape index (κ2) is 14.8. The number of benzene rings is 2. The average Bonchev–Trinajstić information content (AvgIpc) is 2.87. The molecule has 0 aliphatic heterocycles. The van der Waals surface area contributed by atoms with E-state index in [0.717, 1.165) is 12.1 Å². The second-order valence-electron chi connectivity index (χ2n) is 8.09. The van der Waals surface area contributed by atoms with Crippen molar-refractivity contribution in [3.63, 3.8) is 0 Å². The van der Waals surface area contributed by atoms with E-state index in [1.165, 1.54) is 43.3 Å². The highest BCUT2D eigenvalue weighted by molar-refractivity contribution is 7.86. The summed E-state index contributed by atoms with van der Waals surface area (Å²) in [5.74, 6) is -1.23. The Morgan fingerprint density at radius 2 is 1.15 bits per heavy atom. The van der Waals surface area contributed by atoms with E-state index in [-0.39, 0.29) is 36.7 Å². The van der Waals surface area contributed by atoms with Crippen molar-refractivity contribution in [3.8, 4) is 11.5 Å². The lowest BCUT2D eigenvalue weighted by molar-refractivity contribution is -0.0597. The zero-order valence-electron chi connectivity index (χ0n) is 21.6. The van der Waals surface area contributed by atoms with Crippen LogP contribution in [0.25, 0.3) is 0 Å². The van der Waals surface area contributed by atoms with E-state index >= 15 is 0 Å². The fourth-order valence-electron chi connectivity index (χ4n) is 2.92. The molecule has 0 aliphatic rings. The fraction of sp³-hybridized carbons (Fsp3) is 0.417. The molecule has 0 saturated carbocycles. The minimum absolute atomic E-state index is 0.0151. The molecule has 0 unspecified atom stereocenters. The van der Waals surface area contributed by atoms with E-state index in [1.54, 1.807) is 6.92 Å². The molecule has 2 rings (SSSR count). The molecule has 0 N–H and O–H groups in total. The van der Waals surface area contributed by atoms with Gasteiger partial charge in [-0.1, -0.05) is 19.0 Å². The number of alkyl halides is 3. The zero-order valence-corrected chi connectivity index (χ0v) is 23.2. The van der Waals surface area contributed by atoms with Crippen molar-refractivity contribution >= 4 is 31.9 Å². The summed E-state index contributed by atoms with van der Waals surface area (Å²) in [7, 11) is -8.17. The van der Waals surface area contributed by atoms with Crippen LogP contribution in [0.1, 0.15) is 44.2 Å². The van der Waals surface area contributed by atoms with Gasteiger partial charge in [-0.25, -0.2) is 0 Å². The Labute approximate surface area is 229 Å². The first-order valence-corrected chi connectivity index (χ1v) is 15.1. The van der Waals surface area contributed by atoms with Gasteiger partial charge in [-0.2, -0.15) is 34.4 Å². The molecule has 2 aromatic rings. The van der Waals surface area contributed by atoms with Crippen LogP contribution in [0.5, 0.6) is 11.5 Å². The number of rotatable bonds is 16. The maximum absolute atomic E-state index is 14.0. The van der Waals surface area contributed by atoms with Gasteiger partial charge in [-0.3, -0.25) is 8.57 Å². The third kappa shape index (κ3) is 11.4. The number of hydrogen-bond donors (Lipinski definition) is 0. The van der Waals surface area contributed by atoms with Crippen LogP contribution < -0.4 is 9.47 Å². The van der Waals surface area contributed by atoms with Gasteiger partial charge < -0.3 is 9.47 Å². The molecule has 40 heavy (non-hydrogen) atoms. The summed E-state index contributed by atoms with van der Waals surface area (Å²) in [6.07, 6.45) is -4.11. The summed E-state index contributed by atoms with van der Waals surface area (Å²) >= 11 is 0. The molecule has 0 heterocycles. The van der Waals surface area contributed by atoms with Gasteiger partial charge in [0.05, 0.1) is 24.7 Å². The van der Waals surface area contributed by atoms with Crippen molar-refractivity contribution in [1.29, 1.82) is 0 Å². The third-order valence-corrected chi connectivity index (χ3v) is 7.12. The number of hydrogen-bond acceptors (Lipinski definition) is 10. The summed E-state index contributed by atoms with van der Waals surface area (Å²) in [6, 6.07) is 10.2. The zero-order chi connectivity index (χ0) is 29.8. The third-order valence-electron chi connectivity index (χ3n) is 4.70. The van der Waals surface area contributed by atoms with Gasteiger partial charge in [0, 0.05) is 17.5 Å². The van der Waals surface area contributed by atoms with Crippen LogP contribution in [0.2, 0.25) is 0 Å². The molecule has 0 saturated heterocycles. The Morgan fingerprint density at radius 1 is 0.725 bits per heavy atom. The second-order valence-corrected chi connectivity index (χ2v) is 11.4. The van der Waals surface area contributed by atoms with Crippen LogP contribution in [0.4, 0.5) is 17.6 Å². The highest BCUT2D eigenvalue weighted by Gasteiger charge is 2.38. The van der Waals surface area contributed by atoms with Crippen LogP contribution in [-0.2, 0) is 28.8 Å². The van der Waals surface area contributed by atoms with E-state index in [2.05, 4.69) is 18.9 Å². The van der Waals surface area contributed by atoms with Crippen LogP contribution in [0.15, 0.2) is 58.8 Å². The standard InChI is InChI=1S/C24H28F4N2O8S2/c1-3-16-39(31,32)37-29-22(24(26,27)28)18-6-10-20(11-7-18)35-14-5-15-36-21-12-8-19(9-13-21)23(25)30-38-40(33,34)17-4-2/h6-13H,3-5,14-17H2,1-2H3/b29-22-,30-23-. The molecule has 0 bridgehead atoms. The predicted molar refractivity (Wildman–Crippen MR) is 139 cm³/mol. The van der Waals surface area contributed by atoms with Crippen molar-refractivity contribution in [1.82, 2.24) is 0 Å². The number of ether oxygens (including phenoxy) is 2. The molecule has 0 amide bonds. The van der Waals surface area contributed by atoms with Crippen molar-refractivity contribution in [2.45, 2.75) is 39.3 Å². The fourth-order valence-corrected chi connectivity index (χ4v) is 4.43. The highest BCUT2D eigenvalue weighted by atomic mass is 32.2.